The summed E-state index contributed by atoms with van der Waals surface area (Å²) in [4.78, 5) is 10.4. The number of hydrogen-bond acceptors (Lipinski definition) is 1. The number of allylic oxidation sites excluding steroid dienone is 2. The Morgan fingerprint density at radius 1 is 1.70 bits per heavy atom. The molecule has 0 heterocycles. The van der Waals surface area contributed by atoms with Crippen molar-refractivity contribution in [2.75, 3.05) is 0 Å². The minimum absolute atomic E-state index is 0.282. The minimum atomic E-state index is -0.282. The van der Waals surface area contributed by atoms with E-state index in [0.717, 1.165) is 12.0 Å². The molecule has 0 aromatic heterocycles. The average molecular weight is 139 g/mol. The summed E-state index contributed by atoms with van der Waals surface area (Å²) in [5, 5.41) is 0. The molecule has 0 spiro atoms. The Hall–Kier alpha value is -1.05. The Balaban J connectivity index is 3.95. The molecule has 10 heavy (non-hydrogen) atoms. The van der Waals surface area contributed by atoms with E-state index in [1.54, 1.807) is 6.08 Å². The van der Waals surface area contributed by atoms with E-state index in [2.05, 4.69) is 6.58 Å². The maximum absolute atomic E-state index is 10.4. The Morgan fingerprint density at radius 3 is 2.60 bits per heavy atom. The van der Waals surface area contributed by atoms with Crippen LogP contribution in [0.15, 0.2) is 24.3 Å². The van der Waals surface area contributed by atoms with E-state index in [0.29, 0.717) is 6.42 Å². The molecular formula is C8H13NO. The van der Waals surface area contributed by atoms with Gasteiger partial charge >= 0.3 is 0 Å². The Morgan fingerprint density at radius 2 is 2.30 bits per heavy atom. The van der Waals surface area contributed by atoms with Crippen molar-refractivity contribution in [3.63, 3.8) is 0 Å². The highest BCUT2D eigenvalue weighted by Crippen LogP contribution is 2.04. The second-order valence-corrected chi connectivity index (χ2v) is 2.06. The molecule has 0 aliphatic carbocycles. The Kier molecular flexibility index (Phi) is 4.29. The van der Waals surface area contributed by atoms with Gasteiger partial charge in [0.05, 0.1) is 0 Å². The number of primary amides is 1. The van der Waals surface area contributed by atoms with Crippen LogP contribution < -0.4 is 5.73 Å². The van der Waals surface area contributed by atoms with E-state index in [9.17, 15) is 4.79 Å². The molecule has 0 aliphatic rings. The predicted molar refractivity (Wildman–Crippen MR) is 42.4 cm³/mol. The molecule has 0 aromatic rings. The molecule has 0 saturated carbocycles. The number of carbonyl (C=O) groups excluding carboxylic acids is 1. The standard InChI is InChI=1S/C8H13NO/c1-3-5-7(4-2)6-8(9)10/h3,5H,1,4,6H2,2H3,(H2,9,10)/b7-5+. The molecule has 2 heteroatoms. The lowest BCUT2D eigenvalue weighted by Crippen LogP contribution is -2.10. The van der Waals surface area contributed by atoms with E-state index in [-0.39, 0.29) is 5.91 Å². The third kappa shape index (κ3) is 3.89. The van der Waals surface area contributed by atoms with E-state index < -0.39 is 0 Å². The zero-order valence-electron chi connectivity index (χ0n) is 6.26. The number of nitrogens with two attached hydrogens (primary N) is 1. The lowest BCUT2D eigenvalue weighted by molar-refractivity contribution is -0.117. The smallest absolute Gasteiger partial charge is 0.221 e. The normalized spacial score (nSPS) is 11.1. The zero-order valence-corrected chi connectivity index (χ0v) is 6.26. The third-order valence-electron chi connectivity index (χ3n) is 1.21. The van der Waals surface area contributed by atoms with Gasteiger partial charge in [0.1, 0.15) is 0 Å². The second-order valence-electron chi connectivity index (χ2n) is 2.06. The third-order valence-corrected chi connectivity index (χ3v) is 1.21. The molecule has 1 amide bonds. The maximum atomic E-state index is 10.4. The first-order valence-electron chi connectivity index (χ1n) is 3.29. The molecule has 0 bridgehead atoms. The van der Waals surface area contributed by atoms with Crippen LogP contribution in [0.1, 0.15) is 19.8 Å². The molecule has 2 nitrogen and oxygen atoms in total. The quantitative estimate of drug-likeness (QED) is 0.587. The van der Waals surface area contributed by atoms with Crippen LogP contribution in [-0.2, 0) is 4.79 Å². The summed E-state index contributed by atoms with van der Waals surface area (Å²) >= 11 is 0. The number of hydrogen-bond donors (Lipinski definition) is 1. The first kappa shape index (κ1) is 8.95. The van der Waals surface area contributed by atoms with Crippen molar-refractivity contribution in [2.45, 2.75) is 19.8 Å². The lowest BCUT2D eigenvalue weighted by Gasteiger charge is -1.97. The first-order valence-corrected chi connectivity index (χ1v) is 3.29. The van der Waals surface area contributed by atoms with Crippen LogP contribution in [0.25, 0.3) is 0 Å². The van der Waals surface area contributed by atoms with Crippen molar-refractivity contribution in [3.05, 3.63) is 24.3 Å². The highest BCUT2D eigenvalue weighted by Gasteiger charge is 1.96. The van der Waals surface area contributed by atoms with Gasteiger partial charge in [0.25, 0.3) is 0 Å². The van der Waals surface area contributed by atoms with E-state index >= 15 is 0 Å². The lowest BCUT2D eigenvalue weighted by atomic mass is 10.1. The van der Waals surface area contributed by atoms with Crippen molar-refractivity contribution in [2.24, 2.45) is 5.73 Å². The van der Waals surface area contributed by atoms with Crippen molar-refractivity contribution >= 4 is 5.91 Å². The van der Waals surface area contributed by atoms with Gasteiger partial charge in [-0.05, 0) is 6.42 Å². The highest BCUT2D eigenvalue weighted by molar-refractivity contribution is 5.76. The molecule has 0 fully saturated rings. The van der Waals surface area contributed by atoms with Gasteiger partial charge < -0.3 is 5.73 Å². The van der Waals surface area contributed by atoms with Crippen molar-refractivity contribution in [3.8, 4) is 0 Å². The summed E-state index contributed by atoms with van der Waals surface area (Å²) in [6.07, 6.45) is 4.70. The maximum Gasteiger partial charge on any atom is 0.221 e. The van der Waals surface area contributed by atoms with Crippen molar-refractivity contribution in [1.29, 1.82) is 0 Å². The summed E-state index contributed by atoms with van der Waals surface area (Å²) in [6.45, 7) is 5.51. The fourth-order valence-corrected chi connectivity index (χ4v) is 0.692. The van der Waals surface area contributed by atoms with Gasteiger partial charge in [-0.25, -0.2) is 0 Å². The highest BCUT2D eigenvalue weighted by atomic mass is 16.1. The molecule has 2 N–H and O–H groups in total. The Bertz CT molecular complexity index is 159. The minimum Gasteiger partial charge on any atom is -0.369 e. The SMILES string of the molecule is C=C/C=C(\CC)CC(N)=O. The van der Waals surface area contributed by atoms with Gasteiger partial charge in [-0.15, -0.1) is 0 Å². The van der Waals surface area contributed by atoms with Crippen molar-refractivity contribution < 1.29 is 4.79 Å². The van der Waals surface area contributed by atoms with Crippen LogP contribution in [0.4, 0.5) is 0 Å². The fourth-order valence-electron chi connectivity index (χ4n) is 0.692. The molecular weight excluding hydrogens is 126 g/mol. The molecule has 0 saturated heterocycles. The van der Waals surface area contributed by atoms with Crippen LogP contribution >= 0.6 is 0 Å². The molecule has 56 valence electrons. The largest absolute Gasteiger partial charge is 0.369 e. The molecule has 0 atom stereocenters. The summed E-state index contributed by atoms with van der Waals surface area (Å²) in [7, 11) is 0. The molecule has 0 rings (SSSR count). The van der Waals surface area contributed by atoms with E-state index in [1.807, 2.05) is 13.0 Å². The van der Waals surface area contributed by atoms with Crippen LogP contribution in [0.3, 0.4) is 0 Å². The van der Waals surface area contributed by atoms with Crippen molar-refractivity contribution in [1.82, 2.24) is 0 Å². The van der Waals surface area contributed by atoms with Gasteiger partial charge in [-0.3, -0.25) is 4.79 Å². The van der Waals surface area contributed by atoms with Gasteiger partial charge in [0.2, 0.25) is 5.91 Å². The molecule has 0 aliphatic heterocycles. The van der Waals surface area contributed by atoms with E-state index in [4.69, 9.17) is 5.73 Å². The van der Waals surface area contributed by atoms with Crippen LogP contribution in [0, 0.1) is 0 Å². The molecule has 0 unspecified atom stereocenters. The summed E-state index contributed by atoms with van der Waals surface area (Å²) < 4.78 is 0. The van der Waals surface area contributed by atoms with Crippen LogP contribution in [0.5, 0.6) is 0 Å². The van der Waals surface area contributed by atoms with Gasteiger partial charge in [-0.2, -0.15) is 0 Å². The second kappa shape index (κ2) is 4.79. The summed E-state index contributed by atoms with van der Waals surface area (Å²) in [5.74, 6) is -0.282. The molecule has 0 radical (unpaired) electrons. The topological polar surface area (TPSA) is 43.1 Å². The average Bonchev–Trinajstić information content (AvgIpc) is 1.86. The van der Waals surface area contributed by atoms with Crippen LogP contribution in [0.2, 0.25) is 0 Å². The monoisotopic (exact) mass is 139 g/mol. The predicted octanol–water partition coefficient (Wildman–Crippen LogP) is 1.38. The van der Waals surface area contributed by atoms with Gasteiger partial charge in [-0.1, -0.05) is 31.2 Å². The number of carbonyl (C=O) groups is 1. The summed E-state index contributed by atoms with van der Waals surface area (Å²) in [5.41, 5.74) is 6.02. The number of amides is 1. The first-order chi connectivity index (χ1) is 4.70. The zero-order chi connectivity index (χ0) is 7.98. The number of rotatable bonds is 4. The van der Waals surface area contributed by atoms with Gasteiger partial charge in [0.15, 0.2) is 0 Å². The molecule has 0 aromatic carbocycles. The fraction of sp³-hybridized carbons (Fsp3) is 0.375. The summed E-state index contributed by atoms with van der Waals surface area (Å²) in [6, 6.07) is 0. The van der Waals surface area contributed by atoms with E-state index in [1.165, 1.54) is 0 Å². The Labute approximate surface area is 61.4 Å². The van der Waals surface area contributed by atoms with Crippen LogP contribution in [-0.4, -0.2) is 5.91 Å². The van der Waals surface area contributed by atoms with Gasteiger partial charge in [0, 0.05) is 6.42 Å².